The highest BCUT2D eigenvalue weighted by molar-refractivity contribution is 6.16. The Morgan fingerprint density at radius 2 is 2.35 bits per heavy atom. The molecule has 0 radical (unpaired) electrons. The summed E-state index contributed by atoms with van der Waals surface area (Å²) in [6.45, 7) is 3.52. The Hall–Kier alpha value is -1.07. The van der Waals surface area contributed by atoms with Crippen LogP contribution in [0.15, 0.2) is 0 Å². The lowest BCUT2D eigenvalue weighted by atomic mass is 10.2. The lowest BCUT2D eigenvalue weighted by Crippen LogP contribution is -2.13. The van der Waals surface area contributed by atoms with Gasteiger partial charge in [-0.15, -0.1) is 11.6 Å². The van der Waals surface area contributed by atoms with Crippen LogP contribution in [0.25, 0.3) is 11.2 Å². The van der Waals surface area contributed by atoms with Crippen LogP contribution in [-0.2, 0) is 17.7 Å². The van der Waals surface area contributed by atoms with Crippen LogP contribution in [0.2, 0.25) is 0 Å². The van der Waals surface area contributed by atoms with Crippen molar-refractivity contribution in [3.05, 3.63) is 11.5 Å². The maximum atomic E-state index is 5.99. The van der Waals surface area contributed by atoms with E-state index in [-0.39, 0.29) is 0 Å². The average molecular weight is 255 g/mol. The highest BCUT2D eigenvalue weighted by atomic mass is 35.5. The minimum atomic E-state index is 0.337. The van der Waals surface area contributed by atoms with Crippen LogP contribution in [-0.4, -0.2) is 32.5 Å². The van der Waals surface area contributed by atoms with Gasteiger partial charge in [0.05, 0.1) is 24.2 Å². The zero-order chi connectivity index (χ0) is 12.0. The number of hydrogen-bond acceptors (Lipinski definition) is 3. The van der Waals surface area contributed by atoms with E-state index in [0.29, 0.717) is 11.9 Å². The minimum absolute atomic E-state index is 0.337. The molecule has 0 saturated carbocycles. The molecule has 6 heteroatoms. The fraction of sp³-hybridized carbons (Fsp3) is 0.636. The maximum absolute atomic E-state index is 5.99. The van der Waals surface area contributed by atoms with E-state index < -0.39 is 0 Å². The first-order valence-electron chi connectivity index (χ1n) is 5.76. The topological polar surface area (TPSA) is 44.9 Å². The van der Waals surface area contributed by atoms with E-state index in [0.717, 1.165) is 42.3 Å². The summed E-state index contributed by atoms with van der Waals surface area (Å²) in [6, 6.07) is 0.337. The number of imidazole rings is 1. The van der Waals surface area contributed by atoms with Gasteiger partial charge in [0, 0.05) is 13.7 Å². The van der Waals surface area contributed by atoms with E-state index in [1.165, 1.54) is 0 Å². The van der Waals surface area contributed by atoms with E-state index in [1.807, 2.05) is 18.7 Å². The van der Waals surface area contributed by atoms with Crippen molar-refractivity contribution >= 4 is 22.8 Å². The summed E-state index contributed by atoms with van der Waals surface area (Å²) >= 11 is 5.99. The van der Waals surface area contributed by atoms with Crippen LogP contribution in [0.3, 0.4) is 0 Å². The van der Waals surface area contributed by atoms with Gasteiger partial charge in [0.15, 0.2) is 5.65 Å². The van der Waals surface area contributed by atoms with Gasteiger partial charge in [-0.3, -0.25) is 4.68 Å². The fourth-order valence-corrected chi connectivity index (χ4v) is 2.73. The number of rotatable bonds is 2. The van der Waals surface area contributed by atoms with Gasteiger partial charge >= 0.3 is 0 Å². The summed E-state index contributed by atoms with van der Waals surface area (Å²) < 4.78 is 9.53. The maximum Gasteiger partial charge on any atom is 0.159 e. The number of aromatic nitrogens is 4. The zero-order valence-corrected chi connectivity index (χ0v) is 10.7. The van der Waals surface area contributed by atoms with Crippen molar-refractivity contribution in [2.24, 2.45) is 7.05 Å². The lowest BCUT2D eigenvalue weighted by Gasteiger charge is -2.13. The third-order valence-corrected chi connectivity index (χ3v) is 3.54. The fourth-order valence-electron chi connectivity index (χ4n) is 2.54. The molecule has 3 heterocycles. The van der Waals surface area contributed by atoms with E-state index in [9.17, 15) is 0 Å². The van der Waals surface area contributed by atoms with Crippen LogP contribution < -0.4 is 0 Å². The van der Waals surface area contributed by atoms with Crippen LogP contribution in [0, 0.1) is 6.92 Å². The molecule has 0 aromatic carbocycles. The standard InChI is InChI=1S/C11H15ClN4O/c1-7-10-11(15(2)14-7)16(9(5-12)13-10)8-3-4-17-6-8/h8H,3-6H2,1-2H3. The number of fused-ring (bicyclic) bond motifs is 1. The molecule has 0 bridgehead atoms. The summed E-state index contributed by atoms with van der Waals surface area (Å²) in [6.07, 6.45) is 1.01. The first kappa shape index (κ1) is 11.0. The second-order valence-electron chi connectivity index (χ2n) is 4.43. The normalized spacial score (nSPS) is 20.5. The zero-order valence-electron chi connectivity index (χ0n) is 9.98. The molecule has 0 N–H and O–H groups in total. The Bertz CT molecular complexity index is 553. The first-order chi connectivity index (χ1) is 8.22. The largest absolute Gasteiger partial charge is 0.379 e. The smallest absolute Gasteiger partial charge is 0.159 e. The first-order valence-corrected chi connectivity index (χ1v) is 6.30. The molecule has 0 aliphatic carbocycles. The molecule has 1 atom stereocenters. The molecule has 0 spiro atoms. The molecule has 0 amide bonds. The van der Waals surface area contributed by atoms with Gasteiger partial charge < -0.3 is 9.30 Å². The minimum Gasteiger partial charge on any atom is -0.379 e. The van der Waals surface area contributed by atoms with Crippen molar-refractivity contribution in [3.63, 3.8) is 0 Å². The summed E-state index contributed by atoms with van der Waals surface area (Å²) in [5, 5.41) is 4.41. The molecular weight excluding hydrogens is 240 g/mol. The number of nitrogens with zero attached hydrogens (tertiary/aromatic N) is 4. The molecule has 1 unspecified atom stereocenters. The Morgan fingerprint density at radius 1 is 1.53 bits per heavy atom. The number of halogens is 1. The number of aryl methyl sites for hydroxylation is 2. The summed E-state index contributed by atoms with van der Waals surface area (Å²) in [7, 11) is 1.95. The molecule has 2 aromatic heterocycles. The quantitative estimate of drug-likeness (QED) is 0.768. The molecule has 1 aliphatic heterocycles. The average Bonchev–Trinajstić information content (AvgIpc) is 2.98. The van der Waals surface area contributed by atoms with Crippen molar-refractivity contribution in [2.45, 2.75) is 25.3 Å². The Balaban J connectivity index is 2.24. The predicted molar refractivity (Wildman–Crippen MR) is 65.3 cm³/mol. The van der Waals surface area contributed by atoms with Gasteiger partial charge in [-0.2, -0.15) is 5.10 Å². The Labute approximate surface area is 104 Å². The van der Waals surface area contributed by atoms with Gasteiger partial charge in [-0.05, 0) is 13.3 Å². The molecule has 2 aromatic rings. The Kier molecular flexibility index (Phi) is 2.60. The molecule has 1 aliphatic rings. The molecule has 3 rings (SSSR count). The summed E-state index contributed by atoms with van der Waals surface area (Å²) in [5.74, 6) is 1.33. The van der Waals surface area contributed by atoms with Gasteiger partial charge in [0.2, 0.25) is 0 Å². The third-order valence-electron chi connectivity index (χ3n) is 3.30. The molecule has 1 fully saturated rings. The van der Waals surface area contributed by atoms with Crippen LogP contribution in [0.5, 0.6) is 0 Å². The number of alkyl halides is 1. The lowest BCUT2D eigenvalue weighted by molar-refractivity contribution is 0.186. The van der Waals surface area contributed by atoms with E-state index in [2.05, 4.69) is 14.6 Å². The second kappa shape index (κ2) is 3.99. The predicted octanol–water partition coefficient (Wildman–Crippen LogP) is 1.78. The van der Waals surface area contributed by atoms with Gasteiger partial charge in [0.1, 0.15) is 11.3 Å². The van der Waals surface area contributed by atoms with Gasteiger partial charge in [-0.1, -0.05) is 0 Å². The SMILES string of the molecule is Cc1nn(C)c2c1nc(CCl)n2C1CCOC1. The monoisotopic (exact) mass is 254 g/mol. The van der Waals surface area contributed by atoms with Crippen LogP contribution in [0.1, 0.15) is 24.0 Å². The van der Waals surface area contributed by atoms with Crippen molar-refractivity contribution in [2.75, 3.05) is 13.2 Å². The summed E-state index contributed by atoms with van der Waals surface area (Å²) in [5.41, 5.74) is 2.95. The molecule has 5 nitrogen and oxygen atoms in total. The van der Waals surface area contributed by atoms with Crippen molar-refractivity contribution in [1.82, 2.24) is 19.3 Å². The van der Waals surface area contributed by atoms with Crippen molar-refractivity contribution in [1.29, 1.82) is 0 Å². The van der Waals surface area contributed by atoms with Gasteiger partial charge in [-0.25, -0.2) is 4.98 Å². The molecule has 17 heavy (non-hydrogen) atoms. The van der Waals surface area contributed by atoms with Gasteiger partial charge in [0.25, 0.3) is 0 Å². The van der Waals surface area contributed by atoms with E-state index in [1.54, 1.807) is 0 Å². The highest BCUT2D eigenvalue weighted by Gasteiger charge is 2.25. The third kappa shape index (κ3) is 1.57. The van der Waals surface area contributed by atoms with E-state index >= 15 is 0 Å². The van der Waals surface area contributed by atoms with E-state index in [4.69, 9.17) is 16.3 Å². The summed E-state index contributed by atoms with van der Waals surface area (Å²) in [4.78, 5) is 4.59. The molecular formula is C11H15ClN4O. The number of hydrogen-bond donors (Lipinski definition) is 0. The van der Waals surface area contributed by atoms with Crippen molar-refractivity contribution < 1.29 is 4.74 Å². The molecule has 92 valence electrons. The van der Waals surface area contributed by atoms with Crippen molar-refractivity contribution in [3.8, 4) is 0 Å². The van der Waals surface area contributed by atoms with Crippen LogP contribution in [0.4, 0.5) is 0 Å². The Morgan fingerprint density at radius 3 is 3.00 bits per heavy atom. The molecule has 1 saturated heterocycles. The highest BCUT2D eigenvalue weighted by Crippen LogP contribution is 2.28. The van der Waals surface area contributed by atoms with Crippen LogP contribution >= 0.6 is 11.6 Å². The second-order valence-corrected chi connectivity index (χ2v) is 4.70. The number of ether oxygens (including phenoxy) is 1.